The van der Waals surface area contributed by atoms with E-state index in [0.29, 0.717) is 0 Å². The first-order valence-electron chi connectivity index (χ1n) is 6.84. The molecule has 4 nitrogen and oxygen atoms in total. The smallest absolute Gasteiger partial charge is 0.121 e. The third kappa shape index (κ3) is 5.00. The van der Waals surface area contributed by atoms with Crippen LogP contribution in [0.25, 0.3) is 0 Å². The van der Waals surface area contributed by atoms with Gasteiger partial charge in [0, 0.05) is 33.0 Å². The molecule has 0 atom stereocenters. The lowest BCUT2D eigenvalue weighted by Gasteiger charge is -2.01. The Morgan fingerprint density at radius 3 is 2.85 bits per heavy atom. The first-order chi connectivity index (χ1) is 9.78. The van der Waals surface area contributed by atoms with Crippen LogP contribution in [-0.2, 0) is 17.6 Å². The lowest BCUT2D eigenvalue weighted by molar-refractivity contribution is 0.199. The molecule has 0 aliphatic rings. The average molecular weight is 291 g/mol. The van der Waals surface area contributed by atoms with Gasteiger partial charge < -0.3 is 10.1 Å². The van der Waals surface area contributed by atoms with Crippen LogP contribution in [0.5, 0.6) is 0 Å². The van der Waals surface area contributed by atoms with Gasteiger partial charge in [-0.1, -0.05) is 29.8 Å². The molecule has 1 aromatic heterocycles. The molecule has 0 aliphatic carbocycles. The minimum absolute atomic E-state index is 0.745. The summed E-state index contributed by atoms with van der Waals surface area (Å²) in [6.07, 6.45) is 1.80. The molecule has 1 heterocycles. The summed E-state index contributed by atoms with van der Waals surface area (Å²) in [6, 6.07) is 8.54. The van der Waals surface area contributed by atoms with E-state index in [0.717, 1.165) is 42.6 Å². The van der Waals surface area contributed by atoms with Crippen molar-refractivity contribution in [1.82, 2.24) is 15.5 Å². The summed E-state index contributed by atoms with van der Waals surface area (Å²) in [5.74, 6) is 0. The normalized spacial score (nSPS) is 10.9. The Kier molecular flexibility index (Phi) is 6.11. The number of hydrogen-bond acceptors (Lipinski definition) is 5. The van der Waals surface area contributed by atoms with E-state index in [1.807, 2.05) is 0 Å². The number of hydrogen-bond donors (Lipinski definition) is 1. The van der Waals surface area contributed by atoms with Gasteiger partial charge in [-0.15, -0.1) is 21.5 Å². The van der Waals surface area contributed by atoms with E-state index in [1.54, 1.807) is 18.4 Å². The van der Waals surface area contributed by atoms with Crippen LogP contribution in [0.2, 0.25) is 0 Å². The third-order valence-electron chi connectivity index (χ3n) is 2.95. The van der Waals surface area contributed by atoms with Crippen molar-refractivity contribution < 1.29 is 4.74 Å². The van der Waals surface area contributed by atoms with Gasteiger partial charge >= 0.3 is 0 Å². The summed E-state index contributed by atoms with van der Waals surface area (Å²) in [5, 5.41) is 14.0. The van der Waals surface area contributed by atoms with Crippen molar-refractivity contribution in [3.05, 3.63) is 45.4 Å². The molecule has 2 aromatic rings. The molecule has 5 heteroatoms. The van der Waals surface area contributed by atoms with Crippen LogP contribution < -0.4 is 5.32 Å². The molecule has 20 heavy (non-hydrogen) atoms. The van der Waals surface area contributed by atoms with Gasteiger partial charge in [0.15, 0.2) is 0 Å². The summed E-state index contributed by atoms with van der Waals surface area (Å²) in [5.41, 5.74) is 2.58. The monoisotopic (exact) mass is 291 g/mol. The fourth-order valence-corrected chi connectivity index (χ4v) is 2.83. The molecule has 0 fully saturated rings. The largest absolute Gasteiger partial charge is 0.383 e. The highest BCUT2D eigenvalue weighted by molar-refractivity contribution is 7.11. The second kappa shape index (κ2) is 8.09. The predicted octanol–water partition coefficient (Wildman–Crippen LogP) is 2.22. The van der Waals surface area contributed by atoms with E-state index in [-0.39, 0.29) is 0 Å². The lowest BCUT2D eigenvalue weighted by Crippen LogP contribution is -2.21. The molecule has 0 spiro atoms. The molecule has 1 aromatic carbocycles. The van der Waals surface area contributed by atoms with Crippen molar-refractivity contribution in [3.8, 4) is 0 Å². The molecule has 1 N–H and O–H groups in total. The number of nitrogens with one attached hydrogen (secondary N) is 1. The number of aromatic nitrogens is 2. The first-order valence-corrected chi connectivity index (χ1v) is 7.66. The summed E-state index contributed by atoms with van der Waals surface area (Å²) >= 11 is 1.70. The van der Waals surface area contributed by atoms with Crippen LogP contribution in [0.4, 0.5) is 0 Å². The van der Waals surface area contributed by atoms with Crippen molar-refractivity contribution in [2.45, 2.75) is 19.8 Å². The summed E-state index contributed by atoms with van der Waals surface area (Å²) in [6.45, 7) is 4.66. The second-order valence-corrected chi connectivity index (χ2v) is 5.89. The van der Waals surface area contributed by atoms with Gasteiger partial charge in [0.2, 0.25) is 0 Å². The zero-order chi connectivity index (χ0) is 14.2. The van der Waals surface area contributed by atoms with Crippen LogP contribution in [0, 0.1) is 6.92 Å². The number of methoxy groups -OCH3 is 1. The highest BCUT2D eigenvalue weighted by Gasteiger charge is 2.05. The Bertz CT molecular complexity index is 527. The summed E-state index contributed by atoms with van der Waals surface area (Å²) in [4.78, 5) is 0. The van der Waals surface area contributed by atoms with E-state index in [1.165, 1.54) is 11.1 Å². The third-order valence-corrected chi connectivity index (χ3v) is 3.93. The van der Waals surface area contributed by atoms with Crippen LogP contribution in [0.3, 0.4) is 0 Å². The number of ether oxygens (including phenoxy) is 1. The summed E-state index contributed by atoms with van der Waals surface area (Å²) in [7, 11) is 1.71. The van der Waals surface area contributed by atoms with E-state index >= 15 is 0 Å². The van der Waals surface area contributed by atoms with Crippen molar-refractivity contribution >= 4 is 11.3 Å². The van der Waals surface area contributed by atoms with E-state index in [4.69, 9.17) is 4.74 Å². The molecular weight excluding hydrogens is 270 g/mol. The van der Waals surface area contributed by atoms with E-state index < -0.39 is 0 Å². The minimum Gasteiger partial charge on any atom is -0.383 e. The number of nitrogens with zero attached hydrogens (tertiary/aromatic N) is 2. The molecule has 0 bridgehead atoms. The van der Waals surface area contributed by atoms with Gasteiger partial charge in [-0.2, -0.15) is 0 Å². The molecule has 2 rings (SSSR count). The zero-order valence-electron chi connectivity index (χ0n) is 12.1. The maximum atomic E-state index is 4.99. The SMILES string of the molecule is COCCNCCc1nnc(Cc2cccc(C)c2)s1. The topological polar surface area (TPSA) is 47.0 Å². The fourth-order valence-electron chi connectivity index (χ4n) is 1.95. The van der Waals surface area contributed by atoms with Crippen molar-refractivity contribution in [3.63, 3.8) is 0 Å². The quantitative estimate of drug-likeness (QED) is 0.758. The van der Waals surface area contributed by atoms with Crippen LogP contribution >= 0.6 is 11.3 Å². The molecule has 0 saturated heterocycles. The highest BCUT2D eigenvalue weighted by Crippen LogP contribution is 2.15. The maximum absolute atomic E-state index is 4.99. The second-order valence-electron chi connectivity index (χ2n) is 4.75. The molecule has 0 unspecified atom stereocenters. The van der Waals surface area contributed by atoms with Crippen molar-refractivity contribution in [2.24, 2.45) is 0 Å². The molecule has 0 saturated carbocycles. The lowest BCUT2D eigenvalue weighted by atomic mass is 10.1. The van der Waals surface area contributed by atoms with Gasteiger partial charge in [-0.3, -0.25) is 0 Å². The van der Waals surface area contributed by atoms with Gasteiger partial charge in [0.25, 0.3) is 0 Å². The molecule has 0 aliphatic heterocycles. The molecule has 108 valence electrons. The standard InChI is InChI=1S/C15H21N3OS/c1-12-4-3-5-13(10-12)11-15-18-17-14(20-15)6-7-16-8-9-19-2/h3-5,10,16H,6-9,11H2,1-2H3. The number of aryl methyl sites for hydroxylation is 1. The summed E-state index contributed by atoms with van der Waals surface area (Å²) < 4.78 is 4.99. The van der Waals surface area contributed by atoms with Gasteiger partial charge in [-0.05, 0) is 12.5 Å². The van der Waals surface area contributed by atoms with Gasteiger partial charge in [0.1, 0.15) is 10.0 Å². The first kappa shape index (κ1) is 15.1. The Labute approximate surface area is 124 Å². The maximum Gasteiger partial charge on any atom is 0.121 e. The highest BCUT2D eigenvalue weighted by atomic mass is 32.1. The molecular formula is C15H21N3OS. The Balaban J connectivity index is 1.80. The number of rotatable bonds is 8. The van der Waals surface area contributed by atoms with Crippen LogP contribution in [0.15, 0.2) is 24.3 Å². The average Bonchev–Trinajstić information content (AvgIpc) is 2.86. The Morgan fingerprint density at radius 2 is 2.05 bits per heavy atom. The molecule has 0 radical (unpaired) electrons. The molecule has 0 amide bonds. The van der Waals surface area contributed by atoms with Crippen molar-refractivity contribution in [1.29, 1.82) is 0 Å². The van der Waals surface area contributed by atoms with Crippen LogP contribution in [-0.4, -0.2) is 37.0 Å². The van der Waals surface area contributed by atoms with Gasteiger partial charge in [0.05, 0.1) is 6.61 Å². The number of benzene rings is 1. The van der Waals surface area contributed by atoms with Crippen molar-refractivity contribution in [2.75, 3.05) is 26.8 Å². The van der Waals surface area contributed by atoms with Gasteiger partial charge in [-0.25, -0.2) is 0 Å². The zero-order valence-corrected chi connectivity index (χ0v) is 12.9. The van der Waals surface area contributed by atoms with Crippen LogP contribution in [0.1, 0.15) is 21.1 Å². The Hall–Kier alpha value is -1.30. The minimum atomic E-state index is 0.745. The van der Waals surface area contributed by atoms with E-state index in [2.05, 4.69) is 46.7 Å². The Morgan fingerprint density at radius 1 is 1.20 bits per heavy atom. The predicted molar refractivity (Wildman–Crippen MR) is 82.3 cm³/mol. The van der Waals surface area contributed by atoms with E-state index in [9.17, 15) is 0 Å². The fraction of sp³-hybridized carbons (Fsp3) is 0.467.